The Hall–Kier alpha value is -2.94. The van der Waals surface area contributed by atoms with Gasteiger partial charge < -0.3 is 14.5 Å². The van der Waals surface area contributed by atoms with Crippen LogP contribution in [0.2, 0.25) is 0 Å². The molecular weight excluding hydrogens is 368 g/mol. The molecule has 1 fully saturated rings. The number of fused-ring (bicyclic) bond motifs is 1. The van der Waals surface area contributed by atoms with Crippen LogP contribution < -0.4 is 10.2 Å². The highest BCUT2D eigenvalue weighted by molar-refractivity contribution is 7.97. The number of anilines is 2. The van der Waals surface area contributed by atoms with Crippen molar-refractivity contribution in [1.29, 1.82) is 0 Å². The third-order valence-electron chi connectivity index (χ3n) is 4.31. The molecule has 9 heteroatoms. The number of ether oxygens (including phenoxy) is 1. The van der Waals surface area contributed by atoms with Gasteiger partial charge in [-0.3, -0.25) is 14.4 Å². The number of thioether (sulfide) groups is 1. The average molecular weight is 386 g/mol. The van der Waals surface area contributed by atoms with E-state index >= 15 is 0 Å². The van der Waals surface area contributed by atoms with Crippen LogP contribution in [0.5, 0.6) is 0 Å². The molecule has 1 aliphatic rings. The number of carbonyl (C=O) groups is 2. The quantitative estimate of drug-likeness (QED) is 0.724. The number of carbonyl (C=O) groups excluding carboxylic acids is 2. The molecular formula is C18H18N4O4S. The van der Waals surface area contributed by atoms with Crippen LogP contribution in [0, 0.1) is 0 Å². The summed E-state index contributed by atoms with van der Waals surface area (Å²) >= 11 is 1.61. The predicted octanol–water partition coefficient (Wildman–Crippen LogP) is 3.24. The maximum absolute atomic E-state index is 12.6. The molecule has 2 amide bonds. The number of aromatic nitrogens is 2. The molecule has 3 heterocycles. The Morgan fingerprint density at radius 3 is 2.93 bits per heavy atom. The average Bonchev–Trinajstić information content (AvgIpc) is 3.36. The number of benzene rings is 1. The van der Waals surface area contributed by atoms with Gasteiger partial charge in [0.05, 0.1) is 28.9 Å². The van der Waals surface area contributed by atoms with Gasteiger partial charge in [0.15, 0.2) is 11.6 Å². The largest absolute Gasteiger partial charge is 0.455 e. The summed E-state index contributed by atoms with van der Waals surface area (Å²) in [6, 6.07) is 8.97. The Morgan fingerprint density at radius 2 is 2.19 bits per heavy atom. The van der Waals surface area contributed by atoms with Gasteiger partial charge in [-0.15, -0.1) is 0 Å². The summed E-state index contributed by atoms with van der Waals surface area (Å²) in [5.41, 5.74) is 1.45. The predicted molar refractivity (Wildman–Crippen MR) is 103 cm³/mol. The molecule has 2 aromatic heterocycles. The summed E-state index contributed by atoms with van der Waals surface area (Å²) in [5, 5.41) is 7.91. The lowest BCUT2D eigenvalue weighted by Crippen LogP contribution is -2.23. The van der Waals surface area contributed by atoms with Crippen molar-refractivity contribution in [3.05, 3.63) is 41.9 Å². The fourth-order valence-electron chi connectivity index (χ4n) is 3.11. The Bertz CT molecular complexity index is 1030. The summed E-state index contributed by atoms with van der Waals surface area (Å²) in [6.45, 7) is 0.790. The van der Waals surface area contributed by atoms with Crippen molar-refractivity contribution < 1.29 is 18.7 Å². The molecule has 1 aromatic carbocycles. The van der Waals surface area contributed by atoms with Crippen molar-refractivity contribution in [3.8, 4) is 0 Å². The van der Waals surface area contributed by atoms with Gasteiger partial charge in [0.25, 0.3) is 5.91 Å². The fraction of sp³-hybridized carbons (Fsp3) is 0.278. The number of nitrogens with zero attached hydrogens (tertiary/aromatic N) is 3. The normalized spacial score (nSPS) is 14.0. The minimum absolute atomic E-state index is 0.218. The minimum atomic E-state index is -0.406. The van der Waals surface area contributed by atoms with Gasteiger partial charge in [0.2, 0.25) is 0 Å². The van der Waals surface area contributed by atoms with Crippen molar-refractivity contribution in [1.82, 2.24) is 9.78 Å². The fourth-order valence-corrected chi connectivity index (χ4v) is 3.55. The van der Waals surface area contributed by atoms with Crippen LogP contribution in [0.4, 0.5) is 16.3 Å². The smallest absolute Gasteiger partial charge is 0.414 e. The van der Waals surface area contributed by atoms with Crippen molar-refractivity contribution in [2.45, 2.75) is 5.75 Å². The molecule has 0 unspecified atom stereocenters. The van der Waals surface area contributed by atoms with Crippen LogP contribution in [-0.2, 0) is 17.5 Å². The topological polar surface area (TPSA) is 89.6 Å². The molecule has 3 aromatic rings. The first kappa shape index (κ1) is 17.5. The monoisotopic (exact) mass is 386 g/mol. The molecule has 4 rings (SSSR count). The second kappa shape index (κ2) is 6.99. The highest BCUT2D eigenvalue weighted by Crippen LogP contribution is 2.34. The molecule has 0 spiro atoms. The number of amides is 2. The van der Waals surface area contributed by atoms with E-state index in [0.717, 1.165) is 11.3 Å². The molecule has 1 N–H and O–H groups in total. The van der Waals surface area contributed by atoms with Crippen LogP contribution in [0.1, 0.15) is 16.3 Å². The Kier molecular flexibility index (Phi) is 4.53. The van der Waals surface area contributed by atoms with E-state index in [0.29, 0.717) is 35.8 Å². The Morgan fingerprint density at radius 1 is 1.33 bits per heavy atom. The Labute approximate surface area is 159 Å². The number of cyclic esters (lactones) is 1. The van der Waals surface area contributed by atoms with E-state index in [1.165, 1.54) is 0 Å². The maximum Gasteiger partial charge on any atom is 0.414 e. The van der Waals surface area contributed by atoms with Crippen LogP contribution >= 0.6 is 11.8 Å². The molecule has 1 saturated heterocycles. The summed E-state index contributed by atoms with van der Waals surface area (Å²) in [5.74, 6) is 1.63. The van der Waals surface area contributed by atoms with Crippen molar-refractivity contribution in [3.63, 3.8) is 0 Å². The van der Waals surface area contributed by atoms with E-state index in [-0.39, 0.29) is 11.7 Å². The highest BCUT2D eigenvalue weighted by Gasteiger charge is 2.28. The van der Waals surface area contributed by atoms with Crippen molar-refractivity contribution >= 4 is 46.2 Å². The lowest BCUT2D eigenvalue weighted by atomic mass is 10.2. The second-order valence-electron chi connectivity index (χ2n) is 6.06. The second-order valence-corrected chi connectivity index (χ2v) is 6.93. The molecule has 27 heavy (non-hydrogen) atoms. The maximum atomic E-state index is 12.6. The van der Waals surface area contributed by atoms with Gasteiger partial charge in [-0.2, -0.15) is 16.9 Å². The lowest BCUT2D eigenvalue weighted by Gasteiger charge is -2.14. The van der Waals surface area contributed by atoms with Gasteiger partial charge in [0, 0.05) is 7.05 Å². The van der Waals surface area contributed by atoms with Gasteiger partial charge in [-0.1, -0.05) is 6.07 Å². The van der Waals surface area contributed by atoms with E-state index in [4.69, 9.17) is 9.15 Å². The molecule has 0 atom stereocenters. The number of aryl methyl sites for hydroxylation is 1. The molecule has 1 aliphatic heterocycles. The first-order valence-corrected chi connectivity index (χ1v) is 9.77. The van der Waals surface area contributed by atoms with E-state index in [2.05, 4.69) is 10.4 Å². The molecule has 0 aliphatic carbocycles. The van der Waals surface area contributed by atoms with Gasteiger partial charge in [-0.25, -0.2) is 4.79 Å². The molecule has 0 bridgehead atoms. The van der Waals surface area contributed by atoms with Crippen LogP contribution in [-0.4, -0.2) is 41.2 Å². The number of hydrogen-bond donors (Lipinski definition) is 1. The van der Waals surface area contributed by atoms with E-state index < -0.39 is 6.09 Å². The van der Waals surface area contributed by atoms with Crippen LogP contribution in [0.25, 0.3) is 10.9 Å². The first-order chi connectivity index (χ1) is 13.1. The van der Waals surface area contributed by atoms with Gasteiger partial charge in [0.1, 0.15) is 12.4 Å². The molecule has 0 saturated carbocycles. The van der Waals surface area contributed by atoms with Crippen LogP contribution in [0.3, 0.4) is 0 Å². The third kappa shape index (κ3) is 3.14. The van der Waals surface area contributed by atoms with Crippen molar-refractivity contribution in [2.24, 2.45) is 7.05 Å². The third-order valence-corrected chi connectivity index (χ3v) is 4.88. The number of hydrogen-bond acceptors (Lipinski definition) is 6. The zero-order valence-electron chi connectivity index (χ0n) is 14.9. The van der Waals surface area contributed by atoms with E-state index in [1.807, 2.05) is 24.5 Å². The highest BCUT2D eigenvalue weighted by atomic mass is 32.2. The number of furan rings is 1. The number of nitrogens with one attached hydrogen (secondary N) is 1. The minimum Gasteiger partial charge on any atom is -0.455 e. The van der Waals surface area contributed by atoms with Gasteiger partial charge >= 0.3 is 6.09 Å². The molecule has 8 nitrogen and oxygen atoms in total. The number of rotatable bonds is 5. The Balaban J connectivity index is 1.71. The summed E-state index contributed by atoms with van der Waals surface area (Å²) in [6.07, 6.45) is 1.56. The summed E-state index contributed by atoms with van der Waals surface area (Å²) < 4.78 is 12.3. The zero-order valence-corrected chi connectivity index (χ0v) is 15.7. The van der Waals surface area contributed by atoms with Crippen molar-refractivity contribution in [2.75, 3.05) is 29.6 Å². The zero-order chi connectivity index (χ0) is 19.0. The lowest BCUT2D eigenvalue weighted by molar-refractivity contribution is 0.0995. The summed E-state index contributed by atoms with van der Waals surface area (Å²) in [7, 11) is 1.79. The van der Waals surface area contributed by atoms with E-state index in [1.54, 1.807) is 40.5 Å². The summed E-state index contributed by atoms with van der Waals surface area (Å²) in [4.78, 5) is 26.2. The van der Waals surface area contributed by atoms with Crippen LogP contribution in [0.15, 0.2) is 34.7 Å². The first-order valence-electron chi connectivity index (χ1n) is 8.37. The molecule has 0 radical (unpaired) electrons. The molecule has 140 valence electrons. The van der Waals surface area contributed by atoms with Gasteiger partial charge in [-0.05, 0) is 30.5 Å². The van der Waals surface area contributed by atoms with E-state index in [9.17, 15) is 9.59 Å². The SMILES string of the molecule is CSCc1ccc(C(=O)Nc2nn(C)c3cccc(N4CCOC4=O)c23)o1. The standard InChI is InChI=1S/C18H18N4O4S/c1-21-12-4-3-5-13(22-8-9-25-18(22)24)15(12)16(20-21)19-17(23)14-7-6-11(26-14)10-27-2/h3-7H,8-10H2,1-2H3,(H,19,20,23).